The quantitative estimate of drug-likeness (QED) is 0.711. The Labute approximate surface area is 167 Å². The number of ether oxygens (including phenoxy) is 1. The Hall–Kier alpha value is -2.29. The number of hydrogen-bond acceptors (Lipinski definition) is 5. The van der Waals surface area contributed by atoms with Gasteiger partial charge in [-0.2, -0.15) is 0 Å². The summed E-state index contributed by atoms with van der Waals surface area (Å²) in [6.45, 7) is 7.06. The van der Waals surface area contributed by atoms with Crippen LogP contribution in [0.25, 0.3) is 0 Å². The molecule has 1 fully saturated rings. The van der Waals surface area contributed by atoms with Gasteiger partial charge in [0.1, 0.15) is 6.04 Å². The minimum Gasteiger partial charge on any atom is -0.450 e. The Morgan fingerprint density at radius 2 is 1.61 bits per heavy atom. The van der Waals surface area contributed by atoms with Crippen LogP contribution in [0.2, 0.25) is 0 Å². The zero-order valence-electron chi connectivity index (χ0n) is 16.9. The lowest BCUT2D eigenvalue weighted by molar-refractivity contribution is -0.133. The van der Waals surface area contributed by atoms with E-state index in [1.807, 2.05) is 19.1 Å². The molecule has 1 aliphatic heterocycles. The minimum atomic E-state index is -3.65. The molecule has 0 aliphatic carbocycles. The highest BCUT2D eigenvalue weighted by molar-refractivity contribution is 7.92. The van der Waals surface area contributed by atoms with Crippen molar-refractivity contribution in [3.05, 3.63) is 29.8 Å². The van der Waals surface area contributed by atoms with Crippen molar-refractivity contribution in [1.29, 1.82) is 0 Å². The van der Waals surface area contributed by atoms with Gasteiger partial charge in [0.05, 0.1) is 18.6 Å². The number of rotatable bonds is 6. The lowest BCUT2D eigenvalue weighted by Gasteiger charge is -2.37. The maximum absolute atomic E-state index is 13.0. The summed E-state index contributed by atoms with van der Waals surface area (Å²) in [6.07, 6.45) is 1.55. The molecule has 9 heteroatoms. The molecule has 0 bridgehead atoms. The van der Waals surface area contributed by atoms with Crippen LogP contribution >= 0.6 is 0 Å². The number of carbonyl (C=O) groups is 2. The SMILES string of the molecule is CCOC(=O)N1CCN(C(=O)[C@H](C)N(c2ccc(CC)cc2)S(C)(=O)=O)CC1. The van der Waals surface area contributed by atoms with E-state index in [1.165, 1.54) is 0 Å². The first-order chi connectivity index (χ1) is 13.2. The Balaban J connectivity index is 2.13. The molecule has 0 N–H and O–H groups in total. The predicted molar refractivity (Wildman–Crippen MR) is 108 cm³/mol. The van der Waals surface area contributed by atoms with Gasteiger partial charge < -0.3 is 14.5 Å². The number of aryl methyl sites for hydroxylation is 1. The first-order valence-corrected chi connectivity index (χ1v) is 11.3. The lowest BCUT2D eigenvalue weighted by Crippen LogP contribution is -2.56. The number of nitrogens with zero attached hydrogens (tertiary/aromatic N) is 3. The second kappa shape index (κ2) is 9.27. The van der Waals surface area contributed by atoms with Crippen LogP contribution in [0.4, 0.5) is 10.5 Å². The average Bonchev–Trinajstić information content (AvgIpc) is 2.67. The van der Waals surface area contributed by atoms with Crippen LogP contribution in [0, 0.1) is 0 Å². The summed E-state index contributed by atoms with van der Waals surface area (Å²) in [5.74, 6) is -0.284. The molecular formula is C19H29N3O5S. The molecule has 1 aromatic rings. The van der Waals surface area contributed by atoms with E-state index in [1.54, 1.807) is 35.8 Å². The standard InChI is InChI=1S/C19H29N3O5S/c1-5-16-7-9-17(10-8-16)22(28(4,25)26)15(3)18(23)20-11-13-21(14-12-20)19(24)27-6-2/h7-10,15H,5-6,11-14H2,1-4H3/t15-/m0/s1. The van der Waals surface area contributed by atoms with Crippen LogP contribution in [-0.4, -0.2) is 75.3 Å². The van der Waals surface area contributed by atoms with Crippen molar-refractivity contribution in [2.75, 3.05) is 43.3 Å². The second-order valence-electron chi connectivity index (χ2n) is 6.77. The molecule has 156 valence electrons. The van der Waals surface area contributed by atoms with Crippen LogP contribution < -0.4 is 4.31 Å². The molecule has 1 aliphatic rings. The molecule has 0 spiro atoms. The number of carbonyl (C=O) groups excluding carboxylic acids is 2. The molecule has 1 heterocycles. The topological polar surface area (TPSA) is 87.2 Å². The van der Waals surface area contributed by atoms with Gasteiger partial charge in [-0.3, -0.25) is 9.10 Å². The van der Waals surface area contributed by atoms with Gasteiger partial charge in [0.25, 0.3) is 0 Å². The molecule has 0 radical (unpaired) electrons. The summed E-state index contributed by atoms with van der Waals surface area (Å²) in [5, 5.41) is 0. The van der Waals surface area contributed by atoms with Crippen LogP contribution in [0.5, 0.6) is 0 Å². The first kappa shape index (κ1) is 22.0. The maximum Gasteiger partial charge on any atom is 0.409 e. The number of amides is 2. The third-order valence-electron chi connectivity index (χ3n) is 4.78. The smallest absolute Gasteiger partial charge is 0.409 e. The molecule has 1 aromatic carbocycles. The van der Waals surface area contributed by atoms with Crippen molar-refractivity contribution in [2.24, 2.45) is 0 Å². The molecule has 2 amide bonds. The van der Waals surface area contributed by atoms with E-state index in [0.29, 0.717) is 38.5 Å². The fourth-order valence-corrected chi connectivity index (χ4v) is 4.44. The van der Waals surface area contributed by atoms with Gasteiger partial charge in [0, 0.05) is 26.2 Å². The summed E-state index contributed by atoms with van der Waals surface area (Å²) in [7, 11) is -3.65. The van der Waals surface area contributed by atoms with E-state index >= 15 is 0 Å². The number of sulfonamides is 1. The van der Waals surface area contributed by atoms with E-state index in [0.717, 1.165) is 22.5 Å². The molecule has 1 atom stereocenters. The fourth-order valence-electron chi connectivity index (χ4n) is 3.27. The maximum atomic E-state index is 13.0. The molecule has 0 unspecified atom stereocenters. The van der Waals surface area contributed by atoms with Crippen molar-refractivity contribution in [1.82, 2.24) is 9.80 Å². The van der Waals surface area contributed by atoms with Gasteiger partial charge in [-0.05, 0) is 38.0 Å². The zero-order valence-corrected chi connectivity index (χ0v) is 17.7. The van der Waals surface area contributed by atoms with Gasteiger partial charge in [0.15, 0.2) is 0 Å². The highest BCUT2D eigenvalue weighted by Gasteiger charge is 2.34. The van der Waals surface area contributed by atoms with Crippen molar-refractivity contribution in [3.8, 4) is 0 Å². The highest BCUT2D eigenvalue weighted by Crippen LogP contribution is 2.23. The van der Waals surface area contributed by atoms with E-state index in [4.69, 9.17) is 4.74 Å². The van der Waals surface area contributed by atoms with Crippen LogP contribution in [0.15, 0.2) is 24.3 Å². The zero-order chi connectivity index (χ0) is 20.9. The van der Waals surface area contributed by atoms with Gasteiger partial charge in [-0.15, -0.1) is 0 Å². The van der Waals surface area contributed by atoms with E-state index in [9.17, 15) is 18.0 Å². The van der Waals surface area contributed by atoms with E-state index in [2.05, 4.69) is 0 Å². The molecule has 8 nitrogen and oxygen atoms in total. The first-order valence-electron chi connectivity index (χ1n) is 9.47. The summed E-state index contributed by atoms with van der Waals surface area (Å²) < 4.78 is 31.0. The van der Waals surface area contributed by atoms with Crippen molar-refractivity contribution in [2.45, 2.75) is 33.2 Å². The third kappa shape index (κ3) is 5.15. The molecule has 0 saturated carbocycles. The second-order valence-corrected chi connectivity index (χ2v) is 8.63. The Morgan fingerprint density at radius 1 is 1.07 bits per heavy atom. The van der Waals surface area contributed by atoms with Gasteiger partial charge in [0.2, 0.25) is 15.9 Å². The minimum absolute atomic E-state index is 0.284. The number of benzene rings is 1. The number of piperazine rings is 1. The molecular weight excluding hydrogens is 382 g/mol. The van der Waals surface area contributed by atoms with Gasteiger partial charge in [-0.1, -0.05) is 19.1 Å². The van der Waals surface area contributed by atoms with Crippen molar-refractivity contribution < 1.29 is 22.7 Å². The number of hydrogen-bond donors (Lipinski definition) is 0. The van der Waals surface area contributed by atoms with Crippen LogP contribution in [0.3, 0.4) is 0 Å². The Kier molecular flexibility index (Phi) is 7.29. The summed E-state index contributed by atoms with van der Waals surface area (Å²) >= 11 is 0. The Morgan fingerprint density at radius 3 is 2.07 bits per heavy atom. The van der Waals surface area contributed by atoms with E-state index < -0.39 is 22.2 Å². The summed E-state index contributed by atoms with van der Waals surface area (Å²) in [6, 6.07) is 6.30. The summed E-state index contributed by atoms with van der Waals surface area (Å²) in [4.78, 5) is 27.9. The largest absolute Gasteiger partial charge is 0.450 e. The molecule has 2 rings (SSSR count). The third-order valence-corrected chi connectivity index (χ3v) is 6.02. The van der Waals surface area contributed by atoms with Gasteiger partial charge in [-0.25, -0.2) is 13.2 Å². The number of anilines is 1. The van der Waals surface area contributed by atoms with Crippen LogP contribution in [-0.2, 0) is 26.0 Å². The molecule has 1 saturated heterocycles. The summed E-state index contributed by atoms with van der Waals surface area (Å²) in [5.41, 5.74) is 1.55. The average molecular weight is 412 g/mol. The lowest BCUT2D eigenvalue weighted by atomic mass is 10.1. The van der Waals surface area contributed by atoms with Gasteiger partial charge >= 0.3 is 6.09 Å². The fraction of sp³-hybridized carbons (Fsp3) is 0.579. The highest BCUT2D eigenvalue weighted by atomic mass is 32.2. The molecule has 28 heavy (non-hydrogen) atoms. The van der Waals surface area contributed by atoms with Crippen molar-refractivity contribution in [3.63, 3.8) is 0 Å². The normalized spacial score (nSPS) is 15.9. The monoisotopic (exact) mass is 411 g/mol. The van der Waals surface area contributed by atoms with Crippen LogP contribution in [0.1, 0.15) is 26.3 Å². The molecule has 0 aromatic heterocycles. The Bertz CT molecular complexity index is 786. The van der Waals surface area contributed by atoms with Crippen molar-refractivity contribution >= 4 is 27.7 Å². The predicted octanol–water partition coefficient (Wildman–Crippen LogP) is 1.70. The van der Waals surface area contributed by atoms with E-state index in [-0.39, 0.29) is 5.91 Å².